The quantitative estimate of drug-likeness (QED) is 0.832. The molecule has 1 N–H and O–H groups in total. The van der Waals surface area contributed by atoms with Gasteiger partial charge in [-0.1, -0.05) is 0 Å². The number of aliphatic hydroxyl groups excluding tert-OH is 1. The predicted molar refractivity (Wildman–Crippen MR) is 70.2 cm³/mol. The molecule has 1 fully saturated rings. The molecule has 1 aliphatic rings. The van der Waals surface area contributed by atoms with Crippen molar-refractivity contribution in [1.29, 1.82) is 0 Å². The van der Waals surface area contributed by atoms with Gasteiger partial charge in [-0.3, -0.25) is 4.90 Å². The summed E-state index contributed by atoms with van der Waals surface area (Å²) in [5, 5.41) is 9.40. The topological polar surface area (TPSA) is 41.9 Å². The second kappa shape index (κ2) is 6.61. The molecule has 0 radical (unpaired) electrons. The summed E-state index contributed by atoms with van der Waals surface area (Å²) in [4.78, 5) is 2.22. The largest absolute Gasteiger partial charge is 0.494 e. The average Bonchev–Trinajstić information content (AvgIpc) is 2.78. The molecule has 1 aromatic rings. The highest BCUT2D eigenvalue weighted by Gasteiger charge is 2.19. The Morgan fingerprint density at radius 2 is 1.89 bits per heavy atom. The molecule has 100 valence electrons. The van der Waals surface area contributed by atoms with Gasteiger partial charge in [0.1, 0.15) is 18.1 Å². The molecular formula is C14H21NO3. The third-order valence-electron chi connectivity index (χ3n) is 3.06. The van der Waals surface area contributed by atoms with Crippen molar-refractivity contribution in [3.8, 4) is 11.5 Å². The van der Waals surface area contributed by atoms with E-state index < -0.39 is 0 Å². The first kappa shape index (κ1) is 13.2. The summed E-state index contributed by atoms with van der Waals surface area (Å²) < 4.78 is 11.0. The zero-order valence-corrected chi connectivity index (χ0v) is 10.8. The fourth-order valence-corrected chi connectivity index (χ4v) is 2.11. The molecule has 4 nitrogen and oxygen atoms in total. The molecule has 1 saturated heterocycles. The van der Waals surface area contributed by atoms with Crippen molar-refractivity contribution < 1.29 is 14.6 Å². The van der Waals surface area contributed by atoms with E-state index in [9.17, 15) is 5.11 Å². The number of hydrogen-bond acceptors (Lipinski definition) is 4. The lowest BCUT2D eigenvalue weighted by molar-refractivity contribution is 0.167. The van der Waals surface area contributed by atoms with Crippen LogP contribution in [0.3, 0.4) is 0 Å². The minimum atomic E-state index is -0.157. The Kier molecular flexibility index (Phi) is 4.84. The Bertz CT molecular complexity index is 353. The summed E-state index contributed by atoms with van der Waals surface area (Å²) in [5.41, 5.74) is 0. The molecule has 1 atom stereocenters. The molecule has 0 saturated carbocycles. The Hall–Kier alpha value is -1.26. The first-order valence-corrected chi connectivity index (χ1v) is 6.54. The van der Waals surface area contributed by atoms with Crippen molar-refractivity contribution in [2.24, 2.45) is 0 Å². The van der Waals surface area contributed by atoms with Crippen LogP contribution in [0.1, 0.15) is 13.3 Å². The molecule has 0 unspecified atom stereocenters. The zero-order valence-electron chi connectivity index (χ0n) is 10.8. The third-order valence-corrected chi connectivity index (χ3v) is 3.06. The second-order valence-corrected chi connectivity index (χ2v) is 4.50. The first-order valence-electron chi connectivity index (χ1n) is 6.54. The van der Waals surface area contributed by atoms with Gasteiger partial charge in [0.25, 0.3) is 0 Å². The van der Waals surface area contributed by atoms with Gasteiger partial charge in [-0.25, -0.2) is 0 Å². The monoisotopic (exact) mass is 251 g/mol. The van der Waals surface area contributed by atoms with E-state index in [0.717, 1.165) is 37.6 Å². The van der Waals surface area contributed by atoms with Gasteiger partial charge in [-0.2, -0.15) is 0 Å². The molecule has 0 bridgehead atoms. The van der Waals surface area contributed by atoms with Gasteiger partial charge in [0.2, 0.25) is 0 Å². The number of rotatable bonds is 6. The fourth-order valence-electron chi connectivity index (χ4n) is 2.11. The van der Waals surface area contributed by atoms with Crippen molar-refractivity contribution in [1.82, 2.24) is 4.90 Å². The molecule has 0 amide bonds. The van der Waals surface area contributed by atoms with Crippen LogP contribution in [-0.4, -0.2) is 49.0 Å². The summed E-state index contributed by atoms with van der Waals surface area (Å²) in [6.45, 7) is 5.90. The summed E-state index contributed by atoms with van der Waals surface area (Å²) in [7, 11) is 0. The Labute approximate surface area is 108 Å². The van der Waals surface area contributed by atoms with Gasteiger partial charge in [-0.15, -0.1) is 0 Å². The minimum absolute atomic E-state index is 0.157. The fraction of sp³-hybridized carbons (Fsp3) is 0.571. The zero-order chi connectivity index (χ0) is 12.8. The van der Waals surface area contributed by atoms with Gasteiger partial charge in [0.05, 0.1) is 12.7 Å². The van der Waals surface area contributed by atoms with E-state index >= 15 is 0 Å². The van der Waals surface area contributed by atoms with E-state index in [1.165, 1.54) is 0 Å². The Morgan fingerprint density at radius 3 is 2.44 bits per heavy atom. The summed E-state index contributed by atoms with van der Waals surface area (Å²) >= 11 is 0. The van der Waals surface area contributed by atoms with Crippen LogP contribution in [0.25, 0.3) is 0 Å². The molecule has 0 aliphatic carbocycles. The summed E-state index contributed by atoms with van der Waals surface area (Å²) in [6, 6.07) is 7.67. The second-order valence-electron chi connectivity index (χ2n) is 4.50. The molecule has 1 heterocycles. The highest BCUT2D eigenvalue weighted by molar-refractivity contribution is 5.31. The van der Waals surface area contributed by atoms with Gasteiger partial charge in [0.15, 0.2) is 0 Å². The maximum atomic E-state index is 9.40. The SMILES string of the molecule is CCOc1ccc(OCCN2CC[C@@H](O)C2)cc1. The molecule has 2 rings (SSSR count). The number of aliphatic hydroxyl groups is 1. The summed E-state index contributed by atoms with van der Waals surface area (Å²) in [6.07, 6.45) is 0.721. The number of benzene rings is 1. The average molecular weight is 251 g/mol. The Balaban J connectivity index is 1.69. The maximum absolute atomic E-state index is 9.40. The van der Waals surface area contributed by atoms with Crippen LogP contribution < -0.4 is 9.47 Å². The summed E-state index contributed by atoms with van der Waals surface area (Å²) in [5.74, 6) is 1.73. The van der Waals surface area contributed by atoms with E-state index in [0.29, 0.717) is 13.2 Å². The van der Waals surface area contributed by atoms with Gasteiger partial charge < -0.3 is 14.6 Å². The van der Waals surface area contributed by atoms with Crippen molar-refractivity contribution in [3.05, 3.63) is 24.3 Å². The molecule has 0 aromatic heterocycles. The Morgan fingerprint density at radius 1 is 1.22 bits per heavy atom. The number of ether oxygens (including phenoxy) is 2. The highest BCUT2D eigenvalue weighted by Crippen LogP contribution is 2.17. The van der Waals surface area contributed by atoms with Gasteiger partial charge in [-0.05, 0) is 37.6 Å². The molecule has 4 heteroatoms. The number of hydrogen-bond donors (Lipinski definition) is 1. The van der Waals surface area contributed by atoms with Gasteiger partial charge in [0, 0.05) is 19.6 Å². The van der Waals surface area contributed by atoms with E-state index in [1.807, 2.05) is 31.2 Å². The van der Waals surface area contributed by atoms with Crippen LogP contribution >= 0.6 is 0 Å². The van der Waals surface area contributed by atoms with Crippen LogP contribution in [0, 0.1) is 0 Å². The predicted octanol–water partition coefficient (Wildman–Crippen LogP) is 1.53. The molecule has 1 aromatic carbocycles. The lowest BCUT2D eigenvalue weighted by Gasteiger charge is -2.15. The van der Waals surface area contributed by atoms with Crippen molar-refractivity contribution in [2.45, 2.75) is 19.4 Å². The van der Waals surface area contributed by atoms with Crippen molar-refractivity contribution in [3.63, 3.8) is 0 Å². The van der Waals surface area contributed by atoms with Crippen LogP contribution in [0.2, 0.25) is 0 Å². The van der Waals surface area contributed by atoms with Crippen LogP contribution in [0.15, 0.2) is 24.3 Å². The smallest absolute Gasteiger partial charge is 0.119 e. The third kappa shape index (κ3) is 3.89. The van der Waals surface area contributed by atoms with Crippen LogP contribution in [-0.2, 0) is 0 Å². The standard InChI is InChI=1S/C14H21NO3/c1-2-17-13-3-5-14(6-4-13)18-10-9-15-8-7-12(16)11-15/h3-6,12,16H,2,7-11H2,1H3/t12-/m1/s1. The molecule has 1 aliphatic heterocycles. The normalized spacial score (nSPS) is 20.0. The first-order chi connectivity index (χ1) is 8.78. The van der Waals surface area contributed by atoms with Crippen LogP contribution in [0.4, 0.5) is 0 Å². The van der Waals surface area contributed by atoms with Crippen LogP contribution in [0.5, 0.6) is 11.5 Å². The maximum Gasteiger partial charge on any atom is 0.119 e. The van der Waals surface area contributed by atoms with E-state index in [2.05, 4.69) is 4.90 Å². The number of nitrogens with zero attached hydrogens (tertiary/aromatic N) is 1. The lowest BCUT2D eigenvalue weighted by atomic mass is 10.3. The van der Waals surface area contributed by atoms with Gasteiger partial charge >= 0.3 is 0 Å². The van der Waals surface area contributed by atoms with E-state index in [1.54, 1.807) is 0 Å². The van der Waals surface area contributed by atoms with E-state index in [4.69, 9.17) is 9.47 Å². The number of likely N-dealkylation sites (tertiary alicyclic amines) is 1. The van der Waals surface area contributed by atoms with E-state index in [-0.39, 0.29) is 6.10 Å². The van der Waals surface area contributed by atoms with Crippen molar-refractivity contribution >= 4 is 0 Å². The highest BCUT2D eigenvalue weighted by atomic mass is 16.5. The molecular weight excluding hydrogens is 230 g/mol. The van der Waals surface area contributed by atoms with Crippen molar-refractivity contribution in [2.75, 3.05) is 32.8 Å². The molecule has 0 spiro atoms. The minimum Gasteiger partial charge on any atom is -0.494 e. The number of β-amino-alcohol motifs (C(OH)–C–C–N with tert-alkyl or cyclic N) is 1. The molecule has 18 heavy (non-hydrogen) atoms. The lowest BCUT2D eigenvalue weighted by Crippen LogP contribution is -2.27.